The molecule has 2 amide bonds. The van der Waals surface area contributed by atoms with E-state index >= 15 is 0 Å². The molecule has 0 unspecified atom stereocenters. The first-order valence-corrected chi connectivity index (χ1v) is 7.37. The summed E-state index contributed by atoms with van der Waals surface area (Å²) in [6, 6.07) is 7.18. The normalized spacial score (nSPS) is 14.2. The van der Waals surface area contributed by atoms with Gasteiger partial charge in [0.25, 0.3) is 17.8 Å². The highest BCUT2D eigenvalue weighted by Crippen LogP contribution is 2.16. The molecule has 2 aromatic rings. The van der Waals surface area contributed by atoms with Crippen LogP contribution in [-0.2, 0) is 4.79 Å². The van der Waals surface area contributed by atoms with Crippen molar-refractivity contribution in [2.24, 2.45) is 9.98 Å². The molecule has 8 heteroatoms. The van der Waals surface area contributed by atoms with Gasteiger partial charge in [-0.3, -0.25) is 9.59 Å². The second-order valence-electron chi connectivity index (χ2n) is 5.41. The lowest BCUT2D eigenvalue weighted by Gasteiger charge is -2.12. The lowest BCUT2D eigenvalue weighted by Crippen LogP contribution is -2.25. The molecule has 3 rings (SSSR count). The summed E-state index contributed by atoms with van der Waals surface area (Å²) in [5, 5.41) is 6.75. The van der Waals surface area contributed by atoms with E-state index in [0.717, 1.165) is 0 Å². The molecule has 0 aliphatic carbocycles. The van der Waals surface area contributed by atoms with Gasteiger partial charge in [-0.1, -0.05) is 18.7 Å². The van der Waals surface area contributed by atoms with Gasteiger partial charge in [-0.15, -0.1) is 0 Å². The molecule has 1 N–H and O–H groups in total. The Bertz CT molecular complexity index is 971. The Hall–Kier alpha value is -3.42. The molecule has 1 aromatic heterocycles. The number of carbonyl (C=O) groups excluding carboxylic acids is 2. The molecule has 1 aromatic carbocycles. The van der Waals surface area contributed by atoms with Crippen LogP contribution in [0.25, 0.3) is 0 Å². The molecule has 1 aliphatic heterocycles. The highest BCUT2D eigenvalue weighted by Gasteiger charge is 2.22. The first-order valence-electron chi connectivity index (χ1n) is 7.37. The number of aliphatic imine (C=N–C) groups is 2. The van der Waals surface area contributed by atoms with E-state index in [-0.39, 0.29) is 22.9 Å². The fourth-order valence-electron chi connectivity index (χ4n) is 2.22. The predicted molar refractivity (Wildman–Crippen MR) is 91.4 cm³/mol. The molecule has 0 bridgehead atoms. The standard InChI is InChI=1S/C17H14FN5O2/c1-9-8-14(20-16(25)12-6-4-5-7-13(12)18)23(22-9)17-19-11(3)10(2)15(24)21-17/h4-8H,2H2,1,3H3,(H,20,25). The number of amides is 2. The van der Waals surface area contributed by atoms with E-state index in [1.807, 2.05) is 0 Å². The van der Waals surface area contributed by atoms with Crippen LogP contribution in [0.3, 0.4) is 0 Å². The molecule has 0 fully saturated rings. The van der Waals surface area contributed by atoms with Crippen LogP contribution in [0, 0.1) is 12.7 Å². The average Bonchev–Trinajstić information content (AvgIpc) is 2.93. The summed E-state index contributed by atoms with van der Waals surface area (Å²) in [5.41, 5.74) is 1.07. The van der Waals surface area contributed by atoms with Gasteiger partial charge in [-0.2, -0.15) is 14.8 Å². The maximum Gasteiger partial charge on any atom is 0.281 e. The van der Waals surface area contributed by atoms with Crippen molar-refractivity contribution >= 4 is 29.3 Å². The first kappa shape index (κ1) is 16.4. The van der Waals surface area contributed by atoms with Crippen molar-refractivity contribution in [3.8, 4) is 0 Å². The molecule has 2 heterocycles. The largest absolute Gasteiger partial charge is 0.306 e. The molecule has 1 aliphatic rings. The van der Waals surface area contributed by atoms with Gasteiger partial charge in [0.2, 0.25) is 0 Å². The fraction of sp³-hybridized carbons (Fsp3) is 0.118. The molecule has 0 saturated heterocycles. The quantitative estimate of drug-likeness (QED) is 0.852. The molecule has 126 valence electrons. The fourth-order valence-corrected chi connectivity index (χ4v) is 2.22. The van der Waals surface area contributed by atoms with Crippen LogP contribution in [0.2, 0.25) is 0 Å². The minimum Gasteiger partial charge on any atom is -0.306 e. The molecule has 0 atom stereocenters. The Labute approximate surface area is 142 Å². The Morgan fingerprint density at radius 3 is 2.64 bits per heavy atom. The molecule has 0 saturated carbocycles. The van der Waals surface area contributed by atoms with Crippen molar-refractivity contribution < 1.29 is 14.0 Å². The maximum absolute atomic E-state index is 13.8. The third-order valence-electron chi connectivity index (χ3n) is 3.55. The number of nitrogens with one attached hydrogen (secondary N) is 1. The summed E-state index contributed by atoms with van der Waals surface area (Å²) < 4.78 is 15.0. The van der Waals surface area contributed by atoms with Gasteiger partial charge in [0.05, 0.1) is 22.5 Å². The Morgan fingerprint density at radius 2 is 1.96 bits per heavy atom. The lowest BCUT2D eigenvalue weighted by molar-refractivity contribution is -0.113. The van der Waals surface area contributed by atoms with Crippen molar-refractivity contribution in [3.05, 3.63) is 59.6 Å². The van der Waals surface area contributed by atoms with E-state index in [2.05, 4.69) is 27.0 Å². The van der Waals surface area contributed by atoms with Gasteiger partial charge in [-0.05, 0) is 26.0 Å². The van der Waals surface area contributed by atoms with Crippen LogP contribution >= 0.6 is 0 Å². The van der Waals surface area contributed by atoms with Crippen molar-refractivity contribution in [3.63, 3.8) is 0 Å². The van der Waals surface area contributed by atoms with E-state index < -0.39 is 17.6 Å². The van der Waals surface area contributed by atoms with E-state index in [1.165, 1.54) is 22.9 Å². The summed E-state index contributed by atoms with van der Waals surface area (Å²) in [7, 11) is 0. The second kappa shape index (κ2) is 6.23. The van der Waals surface area contributed by atoms with Gasteiger partial charge in [-0.25, -0.2) is 9.38 Å². The van der Waals surface area contributed by atoms with Gasteiger partial charge >= 0.3 is 0 Å². The Balaban J connectivity index is 1.96. The summed E-state index contributed by atoms with van der Waals surface area (Å²) >= 11 is 0. The first-order chi connectivity index (χ1) is 11.9. The summed E-state index contributed by atoms with van der Waals surface area (Å²) in [6.07, 6.45) is 0. The third kappa shape index (κ3) is 3.14. The van der Waals surface area contributed by atoms with Crippen LogP contribution in [-0.4, -0.2) is 33.3 Å². The van der Waals surface area contributed by atoms with Crippen LogP contribution in [0.1, 0.15) is 23.0 Å². The molecular weight excluding hydrogens is 325 g/mol. The van der Waals surface area contributed by atoms with Crippen molar-refractivity contribution in [2.45, 2.75) is 13.8 Å². The number of rotatable bonds is 2. The summed E-state index contributed by atoms with van der Waals surface area (Å²) in [4.78, 5) is 32.2. The number of aryl methyl sites for hydroxylation is 1. The smallest absolute Gasteiger partial charge is 0.281 e. The third-order valence-corrected chi connectivity index (χ3v) is 3.55. The minimum absolute atomic E-state index is 0.00633. The number of aromatic nitrogens is 2. The number of halogens is 1. The van der Waals surface area contributed by atoms with E-state index in [9.17, 15) is 14.0 Å². The van der Waals surface area contributed by atoms with Crippen LogP contribution in [0.5, 0.6) is 0 Å². The average molecular weight is 339 g/mol. The predicted octanol–water partition coefficient (Wildman–Crippen LogP) is 2.34. The zero-order valence-electron chi connectivity index (χ0n) is 13.6. The zero-order valence-corrected chi connectivity index (χ0v) is 13.6. The van der Waals surface area contributed by atoms with E-state index in [4.69, 9.17) is 0 Å². The van der Waals surface area contributed by atoms with E-state index in [1.54, 1.807) is 26.0 Å². The summed E-state index contributed by atoms with van der Waals surface area (Å²) in [5.74, 6) is -1.58. The molecule has 0 spiro atoms. The highest BCUT2D eigenvalue weighted by atomic mass is 19.1. The van der Waals surface area contributed by atoms with Crippen molar-refractivity contribution in [2.75, 3.05) is 5.32 Å². The number of benzene rings is 1. The van der Waals surface area contributed by atoms with E-state index in [0.29, 0.717) is 11.4 Å². The lowest BCUT2D eigenvalue weighted by atomic mass is 10.2. The number of carbonyl (C=O) groups is 2. The Kier molecular flexibility index (Phi) is 4.10. The SMILES string of the molecule is C=C1C(=O)N=C(n2nc(C)cc2NC(=O)c2ccccc2F)N=C1C. The number of anilines is 1. The second-order valence-corrected chi connectivity index (χ2v) is 5.41. The molecular formula is C17H14FN5O2. The van der Waals surface area contributed by atoms with Crippen molar-refractivity contribution in [1.29, 1.82) is 0 Å². The number of nitrogens with zero attached hydrogens (tertiary/aromatic N) is 4. The molecule has 7 nitrogen and oxygen atoms in total. The molecule has 25 heavy (non-hydrogen) atoms. The minimum atomic E-state index is -0.646. The van der Waals surface area contributed by atoms with Crippen LogP contribution in [0.4, 0.5) is 10.2 Å². The topological polar surface area (TPSA) is 88.7 Å². The molecule has 0 radical (unpaired) electrons. The number of hydrogen-bond acceptors (Lipinski definition) is 4. The van der Waals surface area contributed by atoms with Gasteiger partial charge in [0.15, 0.2) is 0 Å². The Morgan fingerprint density at radius 1 is 1.24 bits per heavy atom. The van der Waals surface area contributed by atoms with Gasteiger partial charge < -0.3 is 5.32 Å². The maximum atomic E-state index is 13.8. The van der Waals surface area contributed by atoms with Crippen molar-refractivity contribution in [1.82, 2.24) is 9.78 Å². The van der Waals surface area contributed by atoms with Gasteiger partial charge in [0.1, 0.15) is 11.6 Å². The number of hydrogen-bond donors (Lipinski definition) is 1. The van der Waals surface area contributed by atoms with Crippen LogP contribution < -0.4 is 5.32 Å². The van der Waals surface area contributed by atoms with Gasteiger partial charge in [0, 0.05) is 6.07 Å². The zero-order chi connectivity index (χ0) is 18.1. The van der Waals surface area contributed by atoms with Crippen LogP contribution in [0.15, 0.2) is 52.5 Å². The highest BCUT2D eigenvalue weighted by molar-refractivity contribution is 6.28. The monoisotopic (exact) mass is 339 g/mol. The summed E-state index contributed by atoms with van der Waals surface area (Å²) in [6.45, 7) is 6.93.